The fourth-order valence-corrected chi connectivity index (χ4v) is 1.98. The van der Waals surface area contributed by atoms with E-state index < -0.39 is 11.4 Å². The van der Waals surface area contributed by atoms with E-state index in [1.54, 1.807) is 13.1 Å². The number of nitrogens with zero attached hydrogens (tertiary/aromatic N) is 2. The molecule has 0 aliphatic carbocycles. The maximum absolute atomic E-state index is 11.8. The summed E-state index contributed by atoms with van der Waals surface area (Å²) < 4.78 is 5.73. The minimum atomic E-state index is -1.36. The van der Waals surface area contributed by atoms with Crippen LogP contribution in [-0.4, -0.2) is 17.6 Å². The molecule has 1 heterocycles. The molecule has 0 aromatic carbocycles. The van der Waals surface area contributed by atoms with Gasteiger partial charge in [-0.05, 0) is 48.3 Å². The van der Waals surface area contributed by atoms with Gasteiger partial charge in [-0.3, -0.25) is 4.98 Å². The van der Waals surface area contributed by atoms with Crippen molar-refractivity contribution in [1.82, 2.24) is 4.98 Å². The van der Waals surface area contributed by atoms with Gasteiger partial charge in [-0.1, -0.05) is 0 Å². The third-order valence-corrected chi connectivity index (χ3v) is 2.86. The third-order valence-electron chi connectivity index (χ3n) is 2.43. The second kappa shape index (κ2) is 5.28. The number of nitriles is 1. The Morgan fingerprint density at radius 3 is 2.82 bits per heavy atom. The lowest BCUT2D eigenvalue weighted by molar-refractivity contribution is -0.147. The SMILES string of the molecule is CCOC(=O)C(C)(C#N)c1ncc(Br)cc1C. The van der Waals surface area contributed by atoms with Gasteiger partial charge in [0.15, 0.2) is 5.41 Å². The van der Waals surface area contributed by atoms with Crippen LogP contribution in [0, 0.1) is 18.3 Å². The minimum Gasteiger partial charge on any atom is -0.465 e. The molecule has 0 spiro atoms. The highest BCUT2D eigenvalue weighted by Crippen LogP contribution is 2.27. The molecule has 1 unspecified atom stereocenters. The van der Waals surface area contributed by atoms with Gasteiger partial charge in [-0.2, -0.15) is 5.26 Å². The fourth-order valence-electron chi connectivity index (χ4n) is 1.53. The van der Waals surface area contributed by atoms with Crippen LogP contribution < -0.4 is 0 Å². The van der Waals surface area contributed by atoms with Crippen molar-refractivity contribution in [1.29, 1.82) is 5.26 Å². The van der Waals surface area contributed by atoms with Crippen molar-refractivity contribution in [2.75, 3.05) is 6.61 Å². The lowest BCUT2D eigenvalue weighted by atomic mass is 9.86. The Kier molecular flexibility index (Phi) is 4.24. The zero-order valence-electron chi connectivity index (χ0n) is 9.95. The molecule has 1 aromatic heterocycles. The first kappa shape index (κ1) is 13.7. The summed E-state index contributed by atoms with van der Waals surface area (Å²) in [7, 11) is 0. The molecule has 1 rings (SSSR count). The van der Waals surface area contributed by atoms with E-state index >= 15 is 0 Å². The van der Waals surface area contributed by atoms with Gasteiger partial charge in [-0.15, -0.1) is 0 Å². The normalized spacial score (nSPS) is 13.6. The monoisotopic (exact) mass is 296 g/mol. The molecule has 0 saturated heterocycles. The number of carbonyl (C=O) groups is 1. The molecule has 0 N–H and O–H groups in total. The van der Waals surface area contributed by atoms with E-state index in [1.807, 2.05) is 19.1 Å². The van der Waals surface area contributed by atoms with Crippen molar-refractivity contribution in [2.45, 2.75) is 26.2 Å². The smallest absolute Gasteiger partial charge is 0.332 e. The number of carbonyl (C=O) groups excluding carboxylic acids is 1. The fraction of sp³-hybridized carbons (Fsp3) is 0.417. The van der Waals surface area contributed by atoms with E-state index in [0.717, 1.165) is 10.0 Å². The van der Waals surface area contributed by atoms with Crippen molar-refractivity contribution in [3.8, 4) is 6.07 Å². The zero-order valence-corrected chi connectivity index (χ0v) is 11.5. The maximum Gasteiger partial charge on any atom is 0.332 e. The van der Waals surface area contributed by atoms with Gasteiger partial charge in [0.05, 0.1) is 18.4 Å². The molecular weight excluding hydrogens is 284 g/mol. The minimum absolute atomic E-state index is 0.242. The molecule has 0 aliphatic rings. The average Bonchev–Trinajstić information content (AvgIpc) is 2.28. The maximum atomic E-state index is 11.8. The van der Waals surface area contributed by atoms with E-state index in [-0.39, 0.29) is 6.61 Å². The quantitative estimate of drug-likeness (QED) is 0.804. The lowest BCUT2D eigenvalue weighted by Gasteiger charge is -2.20. The number of ether oxygens (including phenoxy) is 1. The van der Waals surface area contributed by atoms with Crippen LogP contribution in [-0.2, 0) is 14.9 Å². The van der Waals surface area contributed by atoms with E-state index in [9.17, 15) is 10.1 Å². The predicted octanol–water partition coefficient (Wildman–Crippen LogP) is 2.50. The number of esters is 1. The number of halogens is 1. The van der Waals surface area contributed by atoms with Crippen molar-refractivity contribution >= 4 is 21.9 Å². The first-order valence-electron chi connectivity index (χ1n) is 5.16. The van der Waals surface area contributed by atoms with Crippen molar-refractivity contribution in [3.05, 3.63) is 28.0 Å². The molecule has 17 heavy (non-hydrogen) atoms. The highest BCUT2D eigenvalue weighted by Gasteiger charge is 2.39. The van der Waals surface area contributed by atoms with E-state index in [4.69, 9.17) is 4.74 Å². The Labute approximate surface area is 109 Å². The number of hydrogen-bond donors (Lipinski definition) is 0. The van der Waals surface area contributed by atoms with Gasteiger partial charge in [0, 0.05) is 10.7 Å². The molecule has 1 atom stereocenters. The number of aromatic nitrogens is 1. The summed E-state index contributed by atoms with van der Waals surface area (Å²) in [6, 6.07) is 3.80. The molecule has 4 nitrogen and oxygen atoms in total. The summed E-state index contributed by atoms with van der Waals surface area (Å²) in [5.74, 6) is -0.569. The highest BCUT2D eigenvalue weighted by molar-refractivity contribution is 9.10. The summed E-state index contributed by atoms with van der Waals surface area (Å²) in [4.78, 5) is 16.0. The van der Waals surface area contributed by atoms with Crippen LogP contribution >= 0.6 is 15.9 Å². The van der Waals surface area contributed by atoms with Gasteiger partial charge in [0.1, 0.15) is 0 Å². The second-order valence-corrected chi connectivity index (χ2v) is 4.69. The first-order chi connectivity index (χ1) is 7.95. The van der Waals surface area contributed by atoms with E-state index in [0.29, 0.717) is 5.69 Å². The molecule has 90 valence electrons. The topological polar surface area (TPSA) is 63.0 Å². The van der Waals surface area contributed by atoms with Crippen molar-refractivity contribution in [3.63, 3.8) is 0 Å². The Bertz CT molecular complexity index is 482. The summed E-state index contributed by atoms with van der Waals surface area (Å²) in [6.45, 7) is 5.28. The van der Waals surface area contributed by atoms with Crippen molar-refractivity contribution in [2.24, 2.45) is 0 Å². The number of rotatable bonds is 3. The lowest BCUT2D eigenvalue weighted by Crippen LogP contribution is -2.34. The van der Waals surface area contributed by atoms with E-state index in [2.05, 4.69) is 20.9 Å². The van der Waals surface area contributed by atoms with Crippen LogP contribution in [0.25, 0.3) is 0 Å². The molecule has 0 aliphatic heterocycles. The number of aryl methyl sites for hydroxylation is 1. The summed E-state index contributed by atoms with van der Waals surface area (Å²) in [5.41, 5.74) is -0.154. The van der Waals surface area contributed by atoms with Gasteiger partial charge in [0.25, 0.3) is 0 Å². The molecule has 0 radical (unpaired) electrons. The average molecular weight is 297 g/mol. The van der Waals surface area contributed by atoms with Crippen LogP contribution in [0.3, 0.4) is 0 Å². The Hall–Kier alpha value is -1.41. The van der Waals surface area contributed by atoms with Gasteiger partial charge in [0.2, 0.25) is 0 Å². The molecular formula is C12H13BrN2O2. The molecule has 1 aromatic rings. The predicted molar refractivity (Wildman–Crippen MR) is 66.3 cm³/mol. The Balaban J connectivity index is 3.26. The Morgan fingerprint density at radius 2 is 2.35 bits per heavy atom. The largest absolute Gasteiger partial charge is 0.465 e. The van der Waals surface area contributed by atoms with Crippen LogP contribution in [0.1, 0.15) is 25.1 Å². The summed E-state index contributed by atoms with van der Waals surface area (Å²) >= 11 is 3.29. The van der Waals surface area contributed by atoms with Crippen LogP contribution in [0.5, 0.6) is 0 Å². The van der Waals surface area contributed by atoms with Gasteiger partial charge in [-0.25, -0.2) is 4.79 Å². The number of hydrogen-bond acceptors (Lipinski definition) is 4. The molecule has 5 heteroatoms. The molecule has 0 fully saturated rings. The van der Waals surface area contributed by atoms with Crippen LogP contribution in [0.2, 0.25) is 0 Å². The van der Waals surface area contributed by atoms with Crippen molar-refractivity contribution < 1.29 is 9.53 Å². The molecule has 0 bridgehead atoms. The molecule has 0 amide bonds. The summed E-state index contributed by atoms with van der Waals surface area (Å²) in [5, 5.41) is 9.23. The van der Waals surface area contributed by atoms with Gasteiger partial charge < -0.3 is 4.74 Å². The van der Waals surface area contributed by atoms with Crippen LogP contribution in [0.15, 0.2) is 16.7 Å². The first-order valence-corrected chi connectivity index (χ1v) is 5.96. The molecule has 0 saturated carbocycles. The number of pyridine rings is 1. The third kappa shape index (κ3) is 2.64. The Morgan fingerprint density at radius 1 is 1.71 bits per heavy atom. The second-order valence-electron chi connectivity index (χ2n) is 3.78. The van der Waals surface area contributed by atoms with Gasteiger partial charge >= 0.3 is 5.97 Å². The van der Waals surface area contributed by atoms with E-state index in [1.165, 1.54) is 6.92 Å². The van der Waals surface area contributed by atoms with Crippen LogP contribution in [0.4, 0.5) is 0 Å². The zero-order chi connectivity index (χ0) is 13.1. The summed E-state index contributed by atoms with van der Waals surface area (Å²) in [6.07, 6.45) is 1.57. The highest BCUT2D eigenvalue weighted by atomic mass is 79.9. The standard InChI is InChI=1S/C12H13BrN2O2/c1-4-17-11(16)12(3,7-14)10-8(2)5-9(13)6-15-10/h5-6H,4H2,1-3H3.